The summed E-state index contributed by atoms with van der Waals surface area (Å²) in [5.41, 5.74) is 3.46. The molecule has 1 N–H and O–H groups in total. The van der Waals surface area contributed by atoms with Crippen LogP contribution in [0.2, 0.25) is 0 Å². The smallest absolute Gasteiger partial charge is 0.228 e. The van der Waals surface area contributed by atoms with Gasteiger partial charge in [0.05, 0.1) is 12.5 Å². The van der Waals surface area contributed by atoms with Crippen LogP contribution >= 0.6 is 27.3 Å². The van der Waals surface area contributed by atoms with Crippen LogP contribution < -0.4 is 5.32 Å². The van der Waals surface area contributed by atoms with Gasteiger partial charge < -0.3 is 10.2 Å². The molecule has 0 saturated heterocycles. The Morgan fingerprint density at radius 2 is 1.97 bits per heavy atom. The van der Waals surface area contributed by atoms with Gasteiger partial charge in [-0.2, -0.15) is 0 Å². The molecule has 0 spiro atoms. The number of fused-ring (bicyclic) bond motifs is 1. The highest BCUT2D eigenvalue weighted by Crippen LogP contribution is 2.33. The molecule has 0 saturated carbocycles. The van der Waals surface area contributed by atoms with Crippen LogP contribution in [-0.4, -0.2) is 28.2 Å². The number of carbonyl (C=O) groups excluding carboxylic acids is 2. The van der Waals surface area contributed by atoms with Gasteiger partial charge in [-0.15, -0.1) is 11.3 Å². The molecule has 0 bridgehead atoms. The molecule has 2 aromatic carbocycles. The molecule has 2 amide bonds. The topological polar surface area (TPSA) is 62.3 Å². The summed E-state index contributed by atoms with van der Waals surface area (Å²) in [5, 5.41) is 3.51. The number of nitrogens with one attached hydrogen (secondary N) is 1. The van der Waals surface area contributed by atoms with E-state index < -0.39 is 0 Å². The molecule has 0 fully saturated rings. The molecule has 3 aromatic rings. The van der Waals surface area contributed by atoms with Crippen LogP contribution in [0.1, 0.15) is 41.0 Å². The summed E-state index contributed by atoms with van der Waals surface area (Å²) in [4.78, 5) is 32.2. The number of amides is 2. The molecular weight excluding hydrogens is 462 g/mol. The number of aromatic nitrogens is 1. The molecule has 1 aliphatic rings. The first-order valence-electron chi connectivity index (χ1n) is 9.83. The largest absolute Gasteiger partial charge is 0.335 e. The fraction of sp³-hybridized carbons (Fsp3) is 0.261. The van der Waals surface area contributed by atoms with Gasteiger partial charge in [0.1, 0.15) is 0 Å². The number of nitrogens with zero attached hydrogens (tertiary/aromatic N) is 2. The average molecular weight is 484 g/mol. The molecule has 0 radical (unpaired) electrons. The highest BCUT2D eigenvalue weighted by molar-refractivity contribution is 9.10. The van der Waals surface area contributed by atoms with Crippen LogP contribution in [-0.2, 0) is 22.4 Å². The Balaban J connectivity index is 1.43. The third-order valence-corrected chi connectivity index (χ3v) is 6.73. The van der Waals surface area contributed by atoms with Crippen molar-refractivity contribution in [3.8, 4) is 0 Å². The minimum atomic E-state index is -0.241. The van der Waals surface area contributed by atoms with Crippen molar-refractivity contribution in [3.05, 3.63) is 80.8 Å². The maximum atomic E-state index is 12.8. The summed E-state index contributed by atoms with van der Waals surface area (Å²) < 4.78 is 1.05. The second kappa shape index (κ2) is 9.10. The monoisotopic (exact) mass is 483 g/mol. The molecule has 1 unspecified atom stereocenters. The van der Waals surface area contributed by atoms with E-state index >= 15 is 0 Å². The second-order valence-corrected chi connectivity index (χ2v) is 9.40. The standard InChI is InChI=1S/C23H22BrN3O2S/c1-15(28)27-11-10-17-4-2-3-5-20(17)21(27)13-22(29)26-23-25-14-19(30-23)12-16-6-8-18(24)9-7-16/h2-9,14,21H,10-13H2,1H3,(H,25,26,29). The Morgan fingerprint density at radius 3 is 2.73 bits per heavy atom. The number of rotatable bonds is 5. The Bertz CT molecular complexity index is 1060. The molecule has 1 atom stereocenters. The molecule has 30 heavy (non-hydrogen) atoms. The van der Waals surface area contributed by atoms with E-state index in [9.17, 15) is 9.59 Å². The number of halogens is 1. The number of hydrogen-bond acceptors (Lipinski definition) is 4. The number of hydrogen-bond donors (Lipinski definition) is 1. The Labute approximate surface area is 188 Å². The number of thiazole rings is 1. The fourth-order valence-corrected chi connectivity index (χ4v) is 4.97. The lowest BCUT2D eigenvalue weighted by atomic mass is 9.90. The SMILES string of the molecule is CC(=O)N1CCc2ccccc2C1CC(=O)Nc1ncc(Cc2ccc(Br)cc2)s1. The van der Waals surface area contributed by atoms with E-state index in [-0.39, 0.29) is 24.3 Å². The van der Waals surface area contributed by atoms with Gasteiger partial charge in [0.25, 0.3) is 0 Å². The van der Waals surface area contributed by atoms with Crippen LogP contribution in [0.3, 0.4) is 0 Å². The summed E-state index contributed by atoms with van der Waals surface area (Å²) >= 11 is 4.92. The Kier molecular flexibility index (Phi) is 6.29. The van der Waals surface area contributed by atoms with Crippen molar-refractivity contribution in [3.63, 3.8) is 0 Å². The van der Waals surface area contributed by atoms with E-state index in [0.29, 0.717) is 11.7 Å². The van der Waals surface area contributed by atoms with Crippen LogP contribution in [0.15, 0.2) is 59.2 Å². The molecule has 2 heterocycles. The quantitative estimate of drug-likeness (QED) is 0.556. The molecule has 7 heteroatoms. The third kappa shape index (κ3) is 4.79. The third-order valence-electron chi connectivity index (χ3n) is 5.29. The minimum Gasteiger partial charge on any atom is -0.335 e. The number of benzene rings is 2. The zero-order valence-corrected chi connectivity index (χ0v) is 19.0. The van der Waals surface area contributed by atoms with E-state index in [1.54, 1.807) is 18.0 Å². The first-order valence-corrected chi connectivity index (χ1v) is 11.4. The van der Waals surface area contributed by atoms with Crippen LogP contribution in [0.25, 0.3) is 0 Å². The van der Waals surface area contributed by atoms with Gasteiger partial charge >= 0.3 is 0 Å². The van der Waals surface area contributed by atoms with Gasteiger partial charge in [-0.3, -0.25) is 9.59 Å². The molecule has 1 aromatic heterocycles. The van der Waals surface area contributed by atoms with Gasteiger partial charge in [0, 0.05) is 35.4 Å². The highest BCUT2D eigenvalue weighted by Gasteiger charge is 2.30. The summed E-state index contributed by atoms with van der Waals surface area (Å²) in [7, 11) is 0. The van der Waals surface area contributed by atoms with Crippen molar-refractivity contribution in [1.82, 2.24) is 9.88 Å². The minimum absolute atomic E-state index is 0.00617. The van der Waals surface area contributed by atoms with Gasteiger partial charge in [-0.25, -0.2) is 4.98 Å². The molecule has 0 aliphatic carbocycles. The molecule has 4 rings (SSSR count). The Morgan fingerprint density at radius 1 is 1.20 bits per heavy atom. The number of carbonyl (C=O) groups is 2. The summed E-state index contributed by atoms with van der Waals surface area (Å²) in [6.45, 7) is 2.20. The van der Waals surface area contributed by atoms with Crippen LogP contribution in [0.4, 0.5) is 5.13 Å². The summed E-state index contributed by atoms with van der Waals surface area (Å²) in [6, 6.07) is 16.0. The van der Waals surface area contributed by atoms with Crippen molar-refractivity contribution in [1.29, 1.82) is 0 Å². The summed E-state index contributed by atoms with van der Waals surface area (Å²) in [5.74, 6) is -0.138. The van der Waals surface area contributed by atoms with E-state index in [2.05, 4.69) is 44.4 Å². The maximum absolute atomic E-state index is 12.8. The van der Waals surface area contributed by atoms with Crippen molar-refractivity contribution in [2.45, 2.75) is 32.2 Å². The lowest BCUT2D eigenvalue weighted by molar-refractivity contribution is -0.132. The van der Waals surface area contributed by atoms with Crippen molar-refractivity contribution < 1.29 is 9.59 Å². The van der Waals surface area contributed by atoms with Gasteiger partial charge in [0.15, 0.2) is 5.13 Å². The second-order valence-electron chi connectivity index (χ2n) is 7.36. The molecular formula is C23H22BrN3O2S. The summed E-state index contributed by atoms with van der Waals surface area (Å²) in [6.07, 6.45) is 3.62. The lowest BCUT2D eigenvalue weighted by Gasteiger charge is -2.36. The molecule has 5 nitrogen and oxygen atoms in total. The zero-order chi connectivity index (χ0) is 21.1. The van der Waals surface area contributed by atoms with E-state index in [1.165, 1.54) is 22.5 Å². The molecule has 154 valence electrons. The Hall–Kier alpha value is -2.51. The molecule has 1 aliphatic heterocycles. The average Bonchev–Trinajstić information content (AvgIpc) is 3.16. The predicted molar refractivity (Wildman–Crippen MR) is 123 cm³/mol. The van der Waals surface area contributed by atoms with Gasteiger partial charge in [-0.05, 0) is 35.2 Å². The lowest BCUT2D eigenvalue weighted by Crippen LogP contribution is -2.40. The van der Waals surface area contributed by atoms with Gasteiger partial charge in [-0.1, -0.05) is 52.3 Å². The van der Waals surface area contributed by atoms with E-state index in [4.69, 9.17) is 0 Å². The van der Waals surface area contributed by atoms with Crippen molar-refractivity contribution in [2.24, 2.45) is 0 Å². The fourth-order valence-electron chi connectivity index (χ4n) is 3.85. The van der Waals surface area contributed by atoms with Crippen molar-refractivity contribution >= 4 is 44.2 Å². The number of anilines is 1. The normalized spacial score (nSPS) is 15.5. The van der Waals surface area contributed by atoms with Crippen molar-refractivity contribution in [2.75, 3.05) is 11.9 Å². The first kappa shape index (κ1) is 20.8. The van der Waals surface area contributed by atoms with E-state index in [0.717, 1.165) is 27.8 Å². The first-order chi connectivity index (χ1) is 14.5. The highest BCUT2D eigenvalue weighted by atomic mass is 79.9. The van der Waals surface area contributed by atoms with Gasteiger partial charge in [0.2, 0.25) is 11.8 Å². The zero-order valence-electron chi connectivity index (χ0n) is 16.6. The van der Waals surface area contributed by atoms with Crippen LogP contribution in [0.5, 0.6) is 0 Å². The van der Waals surface area contributed by atoms with E-state index in [1.807, 2.05) is 30.3 Å². The maximum Gasteiger partial charge on any atom is 0.228 e. The van der Waals surface area contributed by atoms with Crippen LogP contribution in [0, 0.1) is 0 Å². The predicted octanol–water partition coefficient (Wildman–Crippen LogP) is 4.97.